The summed E-state index contributed by atoms with van der Waals surface area (Å²) >= 11 is 4.16. The second-order valence-electron chi connectivity index (χ2n) is 8.69. The van der Waals surface area contributed by atoms with Crippen LogP contribution in [0.5, 0.6) is 0 Å². The van der Waals surface area contributed by atoms with Crippen molar-refractivity contribution in [1.82, 2.24) is 0 Å². The second kappa shape index (κ2) is 8.35. The molecule has 1 heterocycles. The Balaban J connectivity index is 1.91. The van der Waals surface area contributed by atoms with E-state index in [4.69, 9.17) is 0 Å². The van der Waals surface area contributed by atoms with E-state index in [1.165, 1.54) is 42.3 Å². The third-order valence-corrected chi connectivity index (χ3v) is 6.93. The van der Waals surface area contributed by atoms with E-state index in [2.05, 4.69) is 83.2 Å². The largest absolute Gasteiger partial charge is 0.349 e. The fourth-order valence-electron chi connectivity index (χ4n) is 2.87. The molecular formula is C19H35N3S2+2. The number of rotatable bonds is 9. The molecule has 0 radical (unpaired) electrons. The van der Waals surface area contributed by atoms with Crippen LogP contribution in [0, 0.1) is 0 Å². The molecule has 136 valence electrons. The van der Waals surface area contributed by atoms with Crippen molar-refractivity contribution in [3.05, 3.63) is 24.3 Å². The third kappa shape index (κ3) is 6.51. The van der Waals surface area contributed by atoms with E-state index in [-0.39, 0.29) is 0 Å². The van der Waals surface area contributed by atoms with Crippen LogP contribution in [0.1, 0.15) is 12.8 Å². The maximum atomic E-state index is 2.63. The summed E-state index contributed by atoms with van der Waals surface area (Å²) in [7, 11) is 13.7. The summed E-state index contributed by atoms with van der Waals surface area (Å²) in [4.78, 5) is 4.08. The zero-order chi connectivity index (χ0) is 17.8. The molecule has 0 amide bonds. The van der Waals surface area contributed by atoms with Crippen molar-refractivity contribution in [3.8, 4) is 0 Å². The van der Waals surface area contributed by atoms with Gasteiger partial charge in [0.1, 0.15) is 4.71 Å². The number of quaternary nitrogens is 2. The molecule has 5 heteroatoms. The van der Waals surface area contributed by atoms with Crippen molar-refractivity contribution in [2.24, 2.45) is 0 Å². The smallest absolute Gasteiger partial charge is 0.127 e. The van der Waals surface area contributed by atoms with E-state index in [1.54, 1.807) is 0 Å². The molecule has 0 spiro atoms. The molecule has 0 N–H and O–H groups in total. The molecule has 1 aromatic carbocycles. The average Bonchev–Trinajstić information content (AvgIpc) is 2.80. The van der Waals surface area contributed by atoms with E-state index in [0.29, 0.717) is 4.71 Å². The monoisotopic (exact) mass is 369 g/mol. The minimum atomic E-state index is 0.544. The summed E-state index contributed by atoms with van der Waals surface area (Å²) in [6.07, 6.45) is 2.53. The summed E-state index contributed by atoms with van der Waals surface area (Å²) in [5, 5.41) is 0. The number of fused-ring (bicyclic) bond motifs is 1. The zero-order valence-corrected chi connectivity index (χ0v) is 17.9. The lowest BCUT2D eigenvalue weighted by molar-refractivity contribution is -0.870. The first-order valence-corrected chi connectivity index (χ1v) is 10.8. The highest BCUT2D eigenvalue weighted by Gasteiger charge is 2.30. The number of hydrogen-bond donors (Lipinski definition) is 0. The SMILES string of the molecule is C[N+](C)(C)CCCSC1Sc2ccccc2N1CCC[N+](C)(C)C. The van der Waals surface area contributed by atoms with E-state index < -0.39 is 0 Å². The molecule has 24 heavy (non-hydrogen) atoms. The minimum absolute atomic E-state index is 0.544. The molecule has 1 aliphatic rings. The first-order chi connectivity index (χ1) is 11.2. The van der Waals surface area contributed by atoms with Crippen molar-refractivity contribution >= 4 is 29.2 Å². The van der Waals surface area contributed by atoms with Crippen LogP contribution in [0.3, 0.4) is 0 Å². The maximum absolute atomic E-state index is 2.63. The van der Waals surface area contributed by atoms with Gasteiger partial charge in [-0.2, -0.15) is 0 Å². The van der Waals surface area contributed by atoms with E-state index in [9.17, 15) is 0 Å². The molecule has 3 nitrogen and oxygen atoms in total. The van der Waals surface area contributed by atoms with Crippen LogP contribution < -0.4 is 4.90 Å². The summed E-state index contributed by atoms with van der Waals surface area (Å²) in [6.45, 7) is 3.63. The lowest BCUT2D eigenvalue weighted by atomic mass is 10.2. The average molecular weight is 370 g/mol. The van der Waals surface area contributed by atoms with Crippen molar-refractivity contribution < 1.29 is 8.97 Å². The number of thioether (sulfide) groups is 2. The Hall–Kier alpha value is -0.360. The lowest BCUT2D eigenvalue weighted by Gasteiger charge is -2.29. The van der Waals surface area contributed by atoms with E-state index in [1.807, 2.05) is 11.8 Å². The van der Waals surface area contributed by atoms with E-state index in [0.717, 1.165) is 15.5 Å². The molecule has 1 atom stereocenters. The van der Waals surface area contributed by atoms with Gasteiger partial charge in [0.05, 0.1) is 61.1 Å². The number of benzene rings is 1. The first-order valence-electron chi connectivity index (χ1n) is 8.91. The molecule has 1 aromatic rings. The standard InChI is InChI=1S/C19H35N3S2/c1-21(2,3)14-9-13-20-17-11-7-8-12-18(17)24-19(20)23-16-10-15-22(4,5)6/h7-8,11-12,19H,9-10,13-16H2,1-6H3/q+2. The fourth-order valence-corrected chi connectivity index (χ4v) is 5.66. The highest BCUT2D eigenvalue weighted by Crippen LogP contribution is 2.47. The predicted octanol–water partition coefficient (Wildman–Crippen LogP) is 3.81. The molecule has 0 saturated heterocycles. The summed E-state index contributed by atoms with van der Waals surface area (Å²) in [5.41, 5.74) is 1.44. The highest BCUT2D eigenvalue weighted by molar-refractivity contribution is 8.17. The van der Waals surface area contributed by atoms with Gasteiger partial charge in [-0.25, -0.2) is 0 Å². The van der Waals surface area contributed by atoms with Crippen LogP contribution >= 0.6 is 23.5 Å². The Kier molecular flexibility index (Phi) is 6.94. The molecule has 0 saturated carbocycles. The Morgan fingerprint density at radius 2 is 1.58 bits per heavy atom. The topological polar surface area (TPSA) is 3.24 Å². The predicted molar refractivity (Wildman–Crippen MR) is 111 cm³/mol. The zero-order valence-electron chi connectivity index (χ0n) is 16.3. The van der Waals surface area contributed by atoms with Crippen molar-refractivity contribution in [2.45, 2.75) is 22.4 Å². The summed E-state index contributed by atoms with van der Waals surface area (Å²) < 4.78 is 2.65. The van der Waals surface area contributed by atoms with Gasteiger partial charge in [0, 0.05) is 30.0 Å². The van der Waals surface area contributed by atoms with Crippen LogP contribution in [0.25, 0.3) is 0 Å². The third-order valence-electron chi connectivity index (χ3n) is 4.12. The van der Waals surface area contributed by atoms with Gasteiger partial charge < -0.3 is 13.9 Å². The number of hydrogen-bond acceptors (Lipinski definition) is 3. The van der Waals surface area contributed by atoms with Gasteiger partial charge >= 0.3 is 0 Å². The molecule has 2 rings (SSSR count). The minimum Gasteiger partial charge on any atom is -0.349 e. The van der Waals surface area contributed by atoms with E-state index >= 15 is 0 Å². The number of anilines is 1. The maximum Gasteiger partial charge on any atom is 0.127 e. The van der Waals surface area contributed by atoms with Gasteiger partial charge in [0.25, 0.3) is 0 Å². The molecule has 0 aromatic heterocycles. The van der Waals surface area contributed by atoms with Crippen molar-refractivity contribution in [3.63, 3.8) is 0 Å². The second-order valence-corrected chi connectivity index (χ2v) is 11.3. The number of nitrogens with zero attached hydrogens (tertiary/aromatic N) is 3. The van der Waals surface area contributed by atoms with Gasteiger partial charge in [-0.05, 0) is 12.1 Å². The Morgan fingerprint density at radius 1 is 0.958 bits per heavy atom. The van der Waals surface area contributed by atoms with Gasteiger partial charge in [0.15, 0.2) is 0 Å². The summed E-state index contributed by atoms with van der Waals surface area (Å²) in [5.74, 6) is 1.24. The van der Waals surface area contributed by atoms with Crippen LogP contribution in [0.4, 0.5) is 5.69 Å². The first kappa shape index (κ1) is 20.0. The van der Waals surface area contributed by atoms with Crippen LogP contribution in [0.2, 0.25) is 0 Å². The van der Waals surface area contributed by atoms with Gasteiger partial charge in [-0.1, -0.05) is 23.9 Å². The van der Waals surface area contributed by atoms with Crippen LogP contribution in [0.15, 0.2) is 29.2 Å². The van der Waals surface area contributed by atoms with Crippen LogP contribution in [-0.2, 0) is 0 Å². The van der Waals surface area contributed by atoms with Crippen molar-refractivity contribution in [1.29, 1.82) is 0 Å². The van der Waals surface area contributed by atoms with Gasteiger partial charge in [-0.3, -0.25) is 0 Å². The van der Waals surface area contributed by atoms with Gasteiger partial charge in [0.2, 0.25) is 0 Å². The quantitative estimate of drug-likeness (QED) is 0.481. The molecule has 0 aliphatic carbocycles. The lowest BCUT2D eigenvalue weighted by Crippen LogP contribution is -2.38. The Bertz CT molecular complexity index is 520. The molecule has 1 aliphatic heterocycles. The van der Waals surface area contributed by atoms with Crippen molar-refractivity contribution in [2.75, 3.05) is 72.6 Å². The molecular weight excluding hydrogens is 334 g/mol. The summed E-state index contributed by atoms with van der Waals surface area (Å²) in [6, 6.07) is 8.91. The molecule has 1 unspecified atom stereocenters. The van der Waals surface area contributed by atoms with Crippen LogP contribution in [-0.4, -0.2) is 81.3 Å². The Labute approximate surface area is 157 Å². The number of para-hydroxylation sites is 1. The fraction of sp³-hybridized carbons (Fsp3) is 0.684. The Morgan fingerprint density at radius 3 is 2.25 bits per heavy atom. The normalized spacial score (nSPS) is 18.1. The molecule has 0 bridgehead atoms. The molecule has 0 fully saturated rings. The highest BCUT2D eigenvalue weighted by atomic mass is 32.2. The van der Waals surface area contributed by atoms with Gasteiger partial charge in [-0.15, -0.1) is 11.8 Å².